The molecule has 0 spiro atoms. The Kier molecular flexibility index (Phi) is 4.72. The number of aromatic hydroxyl groups is 1. The van der Waals surface area contributed by atoms with E-state index in [9.17, 15) is 5.11 Å². The SMILES string of the molecule is Oc1ccc(C=Nc2ccc([C@@H]3Nc4ccccc4[C@@H]4C=CC[C@@H]43)cc2)cc1Br. The Morgan fingerprint density at radius 3 is 2.69 bits per heavy atom. The number of benzene rings is 3. The van der Waals surface area contributed by atoms with Crippen LogP contribution in [-0.2, 0) is 0 Å². The lowest BCUT2D eigenvalue weighted by atomic mass is 9.77. The molecule has 2 N–H and O–H groups in total. The molecular weight excluding hydrogens is 424 g/mol. The summed E-state index contributed by atoms with van der Waals surface area (Å²) in [6, 6.07) is 22.8. The van der Waals surface area contributed by atoms with Crippen molar-refractivity contribution < 1.29 is 5.11 Å². The van der Waals surface area contributed by atoms with Gasteiger partial charge in [-0.25, -0.2) is 0 Å². The molecule has 1 aliphatic carbocycles. The first-order valence-electron chi connectivity index (χ1n) is 9.84. The molecule has 0 radical (unpaired) electrons. The zero-order chi connectivity index (χ0) is 19.8. The van der Waals surface area contributed by atoms with Gasteiger partial charge in [-0.15, -0.1) is 0 Å². The molecule has 3 nitrogen and oxygen atoms in total. The van der Waals surface area contributed by atoms with E-state index in [4.69, 9.17) is 0 Å². The lowest BCUT2D eigenvalue weighted by Crippen LogP contribution is -2.28. The summed E-state index contributed by atoms with van der Waals surface area (Å²) >= 11 is 3.34. The number of hydrogen-bond donors (Lipinski definition) is 2. The monoisotopic (exact) mass is 444 g/mol. The predicted molar refractivity (Wildman–Crippen MR) is 122 cm³/mol. The first kappa shape index (κ1) is 18.2. The van der Waals surface area contributed by atoms with Crippen LogP contribution in [0.5, 0.6) is 5.75 Å². The van der Waals surface area contributed by atoms with Crippen molar-refractivity contribution in [2.24, 2.45) is 10.9 Å². The molecule has 0 amide bonds. The molecule has 0 bridgehead atoms. The molecule has 5 rings (SSSR count). The lowest BCUT2D eigenvalue weighted by molar-refractivity contribution is 0.425. The number of aliphatic imine (C=N–C) groups is 1. The maximum atomic E-state index is 9.61. The summed E-state index contributed by atoms with van der Waals surface area (Å²) in [6.45, 7) is 0. The molecule has 0 aromatic heterocycles. The summed E-state index contributed by atoms with van der Waals surface area (Å²) in [5.41, 5.74) is 5.79. The van der Waals surface area contributed by atoms with Crippen molar-refractivity contribution >= 4 is 33.5 Å². The second-order valence-corrected chi connectivity index (χ2v) is 8.48. The second kappa shape index (κ2) is 7.53. The number of nitrogens with zero attached hydrogens (tertiary/aromatic N) is 1. The summed E-state index contributed by atoms with van der Waals surface area (Å²) in [5, 5.41) is 13.4. The smallest absolute Gasteiger partial charge is 0.129 e. The molecule has 3 aromatic rings. The Morgan fingerprint density at radius 1 is 1.03 bits per heavy atom. The van der Waals surface area contributed by atoms with Crippen LogP contribution in [0.2, 0.25) is 0 Å². The van der Waals surface area contributed by atoms with Crippen LogP contribution < -0.4 is 5.32 Å². The number of hydrogen-bond acceptors (Lipinski definition) is 3. The fourth-order valence-corrected chi connectivity index (χ4v) is 4.79. The number of phenolic OH excluding ortho intramolecular Hbond substituents is 1. The molecule has 0 unspecified atom stereocenters. The van der Waals surface area contributed by atoms with Gasteiger partial charge in [0.15, 0.2) is 0 Å². The van der Waals surface area contributed by atoms with E-state index in [1.165, 1.54) is 16.8 Å². The number of fused-ring (bicyclic) bond motifs is 3. The van der Waals surface area contributed by atoms with Crippen LogP contribution in [0.3, 0.4) is 0 Å². The van der Waals surface area contributed by atoms with Crippen LogP contribution in [0, 0.1) is 5.92 Å². The highest BCUT2D eigenvalue weighted by Crippen LogP contribution is 2.49. The summed E-state index contributed by atoms with van der Waals surface area (Å²) in [5.74, 6) is 1.27. The van der Waals surface area contributed by atoms with Gasteiger partial charge in [-0.2, -0.15) is 0 Å². The van der Waals surface area contributed by atoms with Crippen LogP contribution in [-0.4, -0.2) is 11.3 Å². The van der Waals surface area contributed by atoms with Crippen LogP contribution in [0.1, 0.15) is 35.1 Å². The molecule has 0 saturated heterocycles. The summed E-state index contributed by atoms with van der Waals surface area (Å²) in [6.07, 6.45) is 7.60. The largest absolute Gasteiger partial charge is 0.507 e. The average molecular weight is 445 g/mol. The van der Waals surface area contributed by atoms with Gasteiger partial charge in [0.1, 0.15) is 5.75 Å². The van der Waals surface area contributed by atoms with Gasteiger partial charge in [0.25, 0.3) is 0 Å². The molecule has 4 heteroatoms. The van der Waals surface area contributed by atoms with Gasteiger partial charge in [0, 0.05) is 17.8 Å². The van der Waals surface area contributed by atoms with E-state index in [2.05, 4.69) is 86.9 Å². The average Bonchev–Trinajstić information content (AvgIpc) is 3.25. The fraction of sp³-hybridized carbons (Fsp3) is 0.160. The Labute approximate surface area is 179 Å². The van der Waals surface area contributed by atoms with Crippen LogP contribution in [0.25, 0.3) is 0 Å². The fourth-order valence-electron chi connectivity index (χ4n) is 4.39. The maximum Gasteiger partial charge on any atom is 0.129 e. The van der Waals surface area contributed by atoms with Gasteiger partial charge in [-0.3, -0.25) is 4.99 Å². The van der Waals surface area contributed by atoms with Crippen molar-refractivity contribution in [3.63, 3.8) is 0 Å². The summed E-state index contributed by atoms with van der Waals surface area (Å²) in [4.78, 5) is 4.58. The van der Waals surface area contributed by atoms with Crippen molar-refractivity contribution in [3.05, 3.63) is 100 Å². The third kappa shape index (κ3) is 3.49. The molecular formula is C25H21BrN2O. The van der Waals surface area contributed by atoms with Crippen LogP contribution in [0.4, 0.5) is 11.4 Å². The van der Waals surface area contributed by atoms with Crippen molar-refractivity contribution in [1.82, 2.24) is 0 Å². The third-order valence-electron chi connectivity index (χ3n) is 5.86. The van der Waals surface area contributed by atoms with Crippen molar-refractivity contribution in [1.29, 1.82) is 0 Å². The maximum absolute atomic E-state index is 9.61. The zero-order valence-corrected chi connectivity index (χ0v) is 17.4. The van der Waals surface area contributed by atoms with Gasteiger partial charge in [0.05, 0.1) is 16.2 Å². The third-order valence-corrected chi connectivity index (χ3v) is 6.49. The Hall–Kier alpha value is -2.85. The van der Waals surface area contributed by atoms with E-state index in [0.29, 0.717) is 22.4 Å². The second-order valence-electron chi connectivity index (χ2n) is 7.62. The van der Waals surface area contributed by atoms with E-state index in [1.807, 2.05) is 18.3 Å². The molecule has 3 atom stereocenters. The topological polar surface area (TPSA) is 44.6 Å². The van der Waals surface area contributed by atoms with Crippen LogP contribution in [0.15, 0.2) is 88.3 Å². The lowest BCUT2D eigenvalue weighted by Gasteiger charge is -2.37. The number of phenols is 1. The highest BCUT2D eigenvalue weighted by atomic mass is 79.9. The molecule has 1 aliphatic heterocycles. The number of rotatable bonds is 3. The number of para-hydroxylation sites is 1. The number of nitrogens with one attached hydrogen (secondary N) is 1. The van der Waals surface area contributed by atoms with E-state index < -0.39 is 0 Å². The van der Waals surface area contributed by atoms with Gasteiger partial charge in [-0.05, 0) is 81.4 Å². The minimum absolute atomic E-state index is 0.229. The van der Waals surface area contributed by atoms with Gasteiger partial charge in [-0.1, -0.05) is 42.5 Å². The van der Waals surface area contributed by atoms with Gasteiger partial charge < -0.3 is 10.4 Å². The summed E-state index contributed by atoms with van der Waals surface area (Å²) < 4.78 is 0.667. The number of halogens is 1. The van der Waals surface area contributed by atoms with Crippen LogP contribution >= 0.6 is 15.9 Å². The van der Waals surface area contributed by atoms with Crippen molar-refractivity contribution in [3.8, 4) is 5.75 Å². The molecule has 144 valence electrons. The molecule has 1 heterocycles. The Balaban J connectivity index is 1.38. The highest BCUT2D eigenvalue weighted by Gasteiger charge is 2.37. The molecule has 0 saturated carbocycles. The normalized spacial score (nSPS) is 22.3. The van der Waals surface area contributed by atoms with Crippen molar-refractivity contribution in [2.45, 2.75) is 18.4 Å². The van der Waals surface area contributed by atoms with E-state index in [0.717, 1.165) is 17.7 Å². The first-order chi connectivity index (χ1) is 14.2. The molecule has 2 aliphatic rings. The van der Waals surface area contributed by atoms with E-state index in [-0.39, 0.29) is 5.75 Å². The molecule has 29 heavy (non-hydrogen) atoms. The predicted octanol–water partition coefficient (Wildman–Crippen LogP) is 6.73. The van der Waals surface area contributed by atoms with E-state index in [1.54, 1.807) is 6.07 Å². The molecule has 0 fully saturated rings. The van der Waals surface area contributed by atoms with Crippen molar-refractivity contribution in [2.75, 3.05) is 5.32 Å². The number of anilines is 1. The first-order valence-corrected chi connectivity index (χ1v) is 10.6. The Bertz CT molecular complexity index is 1100. The standard InChI is InChI=1S/C25H21BrN2O/c26-22-14-16(8-13-24(22)29)15-27-18-11-9-17(10-12-18)25-21-6-3-5-19(21)20-4-1-2-7-23(20)28-25/h1-5,7-15,19,21,25,28-29H,6H2/t19-,21-,25-/m0/s1. The minimum atomic E-state index is 0.229. The quantitative estimate of drug-likeness (QED) is 0.347. The van der Waals surface area contributed by atoms with E-state index >= 15 is 0 Å². The molecule has 3 aromatic carbocycles. The minimum Gasteiger partial charge on any atom is -0.507 e. The Morgan fingerprint density at radius 2 is 1.86 bits per heavy atom. The van der Waals surface area contributed by atoms with Gasteiger partial charge >= 0.3 is 0 Å². The van der Waals surface area contributed by atoms with Gasteiger partial charge in [0.2, 0.25) is 0 Å². The summed E-state index contributed by atoms with van der Waals surface area (Å²) in [7, 11) is 0. The highest BCUT2D eigenvalue weighted by molar-refractivity contribution is 9.10. The zero-order valence-electron chi connectivity index (χ0n) is 15.8. The number of allylic oxidation sites excluding steroid dienone is 2.